The van der Waals surface area contributed by atoms with Gasteiger partial charge in [0.2, 0.25) is 0 Å². The molecule has 4 rings (SSSR count). The zero-order chi connectivity index (χ0) is 21.4. The van der Waals surface area contributed by atoms with Crippen molar-refractivity contribution < 1.29 is 9.59 Å². The lowest BCUT2D eigenvalue weighted by atomic mass is 10.0. The number of rotatable bonds is 3. The molecule has 3 aromatic rings. The molecule has 1 atom stereocenters. The number of benzene rings is 1. The van der Waals surface area contributed by atoms with Crippen molar-refractivity contribution in [1.82, 2.24) is 25.0 Å². The summed E-state index contributed by atoms with van der Waals surface area (Å²) in [6, 6.07) is 6.75. The summed E-state index contributed by atoms with van der Waals surface area (Å²) in [4.78, 5) is 31.9. The molecular formula is C22H20ClN5O2. The lowest BCUT2D eigenvalue weighted by Gasteiger charge is -2.27. The molecule has 1 aliphatic rings. The summed E-state index contributed by atoms with van der Waals surface area (Å²) in [6.07, 6.45) is 7.51. The van der Waals surface area contributed by atoms with Crippen molar-refractivity contribution >= 4 is 34.3 Å². The van der Waals surface area contributed by atoms with Gasteiger partial charge in [0.1, 0.15) is 5.69 Å². The first kappa shape index (κ1) is 19.9. The molecule has 152 valence electrons. The fourth-order valence-electron chi connectivity index (χ4n) is 3.67. The Labute approximate surface area is 179 Å². The standard InChI is InChI=1S/C22H20ClN5O2/c1-4-13(2)25-21(29)20-17-12-28(8-7-19(17)26-27(20)3)22(30)15-9-14-10-16(23)5-6-18(14)24-11-15/h1,5-6,9-11,13H,7-8,12H2,2-3H3,(H,25,29). The van der Waals surface area contributed by atoms with Crippen LogP contribution >= 0.6 is 11.6 Å². The van der Waals surface area contributed by atoms with Crippen molar-refractivity contribution in [2.75, 3.05) is 6.54 Å². The maximum atomic E-state index is 13.1. The first-order valence-corrected chi connectivity index (χ1v) is 9.91. The second kappa shape index (κ2) is 7.81. The molecule has 7 nitrogen and oxygen atoms in total. The molecule has 1 aliphatic heterocycles. The van der Waals surface area contributed by atoms with Crippen molar-refractivity contribution in [3.05, 3.63) is 58.0 Å². The predicted molar refractivity (Wildman–Crippen MR) is 114 cm³/mol. The number of nitrogens with one attached hydrogen (secondary N) is 1. The number of carbonyl (C=O) groups is 2. The minimum atomic E-state index is -0.403. The van der Waals surface area contributed by atoms with Crippen LogP contribution in [0.4, 0.5) is 0 Å². The van der Waals surface area contributed by atoms with Gasteiger partial charge in [0.15, 0.2) is 0 Å². The van der Waals surface area contributed by atoms with Gasteiger partial charge < -0.3 is 10.2 Å². The Balaban J connectivity index is 1.62. The molecule has 2 amide bonds. The molecule has 0 spiro atoms. The highest BCUT2D eigenvalue weighted by Crippen LogP contribution is 2.25. The van der Waals surface area contributed by atoms with E-state index in [1.165, 1.54) is 0 Å². The summed E-state index contributed by atoms with van der Waals surface area (Å²) in [5.74, 6) is 2.03. The number of halogens is 1. The number of carbonyl (C=O) groups excluding carboxylic acids is 2. The SMILES string of the molecule is C#CC(C)NC(=O)c1c2c(nn1C)CCN(C(=O)c1cnc3ccc(Cl)cc3c1)C2. The second-order valence-electron chi connectivity index (χ2n) is 7.30. The van der Waals surface area contributed by atoms with Gasteiger partial charge in [-0.3, -0.25) is 19.3 Å². The van der Waals surface area contributed by atoms with E-state index in [2.05, 4.69) is 21.3 Å². The average molecular weight is 422 g/mol. The Morgan fingerprint density at radius 3 is 2.90 bits per heavy atom. The summed E-state index contributed by atoms with van der Waals surface area (Å²) in [6.45, 7) is 2.54. The van der Waals surface area contributed by atoms with E-state index in [4.69, 9.17) is 18.0 Å². The van der Waals surface area contributed by atoms with E-state index in [0.29, 0.717) is 35.8 Å². The van der Waals surface area contributed by atoms with Gasteiger partial charge in [-0.25, -0.2) is 0 Å². The maximum Gasteiger partial charge on any atom is 0.270 e. The molecule has 0 aliphatic carbocycles. The fraction of sp³-hybridized carbons (Fsp3) is 0.273. The maximum absolute atomic E-state index is 13.1. The molecule has 8 heteroatoms. The van der Waals surface area contributed by atoms with Crippen molar-refractivity contribution in [3.63, 3.8) is 0 Å². The summed E-state index contributed by atoms with van der Waals surface area (Å²) in [7, 11) is 1.72. The van der Waals surface area contributed by atoms with E-state index in [9.17, 15) is 9.59 Å². The van der Waals surface area contributed by atoms with Gasteiger partial charge >= 0.3 is 0 Å². The third-order valence-electron chi connectivity index (χ3n) is 5.19. The molecule has 0 radical (unpaired) electrons. The number of pyridine rings is 1. The van der Waals surface area contributed by atoms with E-state index in [1.54, 1.807) is 47.9 Å². The van der Waals surface area contributed by atoms with Crippen molar-refractivity contribution in [1.29, 1.82) is 0 Å². The van der Waals surface area contributed by atoms with Crippen molar-refractivity contribution in [2.45, 2.75) is 25.9 Å². The number of amides is 2. The Hall–Kier alpha value is -3.37. The number of hydrogen-bond donors (Lipinski definition) is 1. The molecule has 0 bridgehead atoms. The number of nitrogens with zero attached hydrogens (tertiary/aromatic N) is 4. The number of hydrogen-bond acceptors (Lipinski definition) is 4. The second-order valence-corrected chi connectivity index (χ2v) is 7.73. The van der Waals surface area contributed by atoms with E-state index in [0.717, 1.165) is 22.2 Å². The van der Waals surface area contributed by atoms with Gasteiger partial charge in [0, 0.05) is 42.2 Å². The Morgan fingerprint density at radius 1 is 1.33 bits per heavy atom. The van der Waals surface area contributed by atoms with Crippen LogP contribution in [0.2, 0.25) is 5.02 Å². The number of aryl methyl sites for hydroxylation is 1. The van der Waals surface area contributed by atoms with Crippen molar-refractivity contribution in [3.8, 4) is 12.3 Å². The fourth-order valence-corrected chi connectivity index (χ4v) is 3.85. The molecule has 30 heavy (non-hydrogen) atoms. The quantitative estimate of drug-likeness (QED) is 0.659. The molecular weight excluding hydrogens is 402 g/mol. The first-order valence-electron chi connectivity index (χ1n) is 9.53. The molecule has 0 saturated carbocycles. The highest BCUT2D eigenvalue weighted by Gasteiger charge is 2.30. The smallest absolute Gasteiger partial charge is 0.270 e. The molecule has 1 N–H and O–H groups in total. The molecule has 0 fully saturated rings. The van der Waals surface area contributed by atoms with Crippen LogP contribution in [0.1, 0.15) is 39.0 Å². The third-order valence-corrected chi connectivity index (χ3v) is 5.42. The van der Waals surface area contributed by atoms with Gasteiger partial charge in [-0.2, -0.15) is 5.10 Å². The Bertz CT molecular complexity index is 1210. The zero-order valence-electron chi connectivity index (χ0n) is 16.6. The lowest BCUT2D eigenvalue weighted by Crippen LogP contribution is -2.38. The van der Waals surface area contributed by atoms with Crippen LogP contribution in [0, 0.1) is 12.3 Å². The highest BCUT2D eigenvalue weighted by molar-refractivity contribution is 6.31. The van der Waals surface area contributed by atoms with Gasteiger partial charge in [0.05, 0.1) is 29.4 Å². The molecule has 3 heterocycles. The molecule has 2 aromatic heterocycles. The van der Waals surface area contributed by atoms with Crippen molar-refractivity contribution in [2.24, 2.45) is 7.05 Å². The average Bonchev–Trinajstić information content (AvgIpc) is 3.07. The number of aromatic nitrogens is 3. The normalized spacial score (nSPS) is 14.1. The van der Waals surface area contributed by atoms with Crippen LogP contribution in [0.25, 0.3) is 10.9 Å². The van der Waals surface area contributed by atoms with Crippen LogP contribution < -0.4 is 5.32 Å². The third kappa shape index (κ3) is 3.62. The minimum absolute atomic E-state index is 0.151. The highest BCUT2D eigenvalue weighted by atomic mass is 35.5. The molecule has 1 unspecified atom stereocenters. The largest absolute Gasteiger partial charge is 0.337 e. The van der Waals surface area contributed by atoms with Gasteiger partial charge in [0.25, 0.3) is 11.8 Å². The van der Waals surface area contributed by atoms with Crippen LogP contribution in [0.5, 0.6) is 0 Å². The van der Waals surface area contributed by atoms with Crippen LogP contribution in [0.15, 0.2) is 30.5 Å². The summed E-state index contributed by atoms with van der Waals surface area (Å²) < 4.78 is 1.55. The summed E-state index contributed by atoms with van der Waals surface area (Å²) in [5.41, 5.74) is 3.24. The summed E-state index contributed by atoms with van der Waals surface area (Å²) >= 11 is 6.07. The van der Waals surface area contributed by atoms with Gasteiger partial charge in [-0.15, -0.1) is 6.42 Å². The van der Waals surface area contributed by atoms with Crippen LogP contribution in [-0.2, 0) is 20.0 Å². The molecule has 1 aromatic carbocycles. The van der Waals surface area contributed by atoms with Gasteiger partial charge in [-0.1, -0.05) is 17.5 Å². The van der Waals surface area contributed by atoms with E-state index >= 15 is 0 Å². The Morgan fingerprint density at radius 2 is 2.13 bits per heavy atom. The number of fused-ring (bicyclic) bond motifs is 2. The predicted octanol–water partition coefficient (Wildman–Crippen LogP) is 2.57. The van der Waals surface area contributed by atoms with Gasteiger partial charge in [-0.05, 0) is 31.2 Å². The van der Waals surface area contributed by atoms with E-state index in [1.807, 2.05) is 6.07 Å². The minimum Gasteiger partial charge on any atom is -0.337 e. The monoisotopic (exact) mass is 421 g/mol. The zero-order valence-corrected chi connectivity index (χ0v) is 17.4. The lowest BCUT2D eigenvalue weighted by molar-refractivity contribution is 0.0731. The summed E-state index contributed by atoms with van der Waals surface area (Å²) in [5, 5.41) is 8.61. The Kier molecular flexibility index (Phi) is 5.18. The van der Waals surface area contributed by atoms with E-state index in [-0.39, 0.29) is 11.8 Å². The van der Waals surface area contributed by atoms with Crippen LogP contribution in [-0.4, -0.2) is 44.1 Å². The topological polar surface area (TPSA) is 80.1 Å². The molecule has 0 saturated heterocycles. The first-order chi connectivity index (χ1) is 14.4. The van der Waals surface area contributed by atoms with E-state index < -0.39 is 6.04 Å². The number of terminal acetylenes is 1. The van der Waals surface area contributed by atoms with Crippen LogP contribution in [0.3, 0.4) is 0 Å².